The molecule has 1 atom stereocenters. The summed E-state index contributed by atoms with van der Waals surface area (Å²) in [6.45, 7) is 3.08. The summed E-state index contributed by atoms with van der Waals surface area (Å²) in [6, 6.07) is 0. The lowest BCUT2D eigenvalue weighted by Gasteiger charge is -2.30. The predicted molar refractivity (Wildman–Crippen MR) is 86.3 cm³/mol. The molecular weight excluding hydrogens is 314 g/mol. The summed E-state index contributed by atoms with van der Waals surface area (Å²) in [5, 5.41) is 10.9. The summed E-state index contributed by atoms with van der Waals surface area (Å²) in [4.78, 5) is 25.3. The van der Waals surface area contributed by atoms with Crippen molar-refractivity contribution in [1.82, 2.24) is 15.1 Å². The zero-order valence-corrected chi connectivity index (χ0v) is 14.3. The molecule has 126 valence electrons. The van der Waals surface area contributed by atoms with E-state index in [1.165, 1.54) is 25.7 Å². The number of rotatable bonds is 3. The third kappa shape index (κ3) is 3.71. The number of carbonyl (C=O) groups excluding carboxylic acids is 2. The van der Waals surface area contributed by atoms with Gasteiger partial charge in [-0.3, -0.25) is 4.79 Å². The lowest BCUT2D eigenvalue weighted by Crippen LogP contribution is -2.43. The van der Waals surface area contributed by atoms with E-state index in [1.807, 2.05) is 0 Å². The van der Waals surface area contributed by atoms with Crippen LogP contribution in [0.3, 0.4) is 0 Å². The standard InChI is InChI=1S/C16H23N3O3S/c1-2-22-16(21)15(20)19-9-5-8-12(10-19)14-18-17-13(23-14)11-6-3-4-7-11/h11-12H,2-10H2,1H3. The number of carbonyl (C=O) groups is 2. The van der Waals surface area contributed by atoms with Crippen LogP contribution in [0.4, 0.5) is 0 Å². The van der Waals surface area contributed by atoms with Gasteiger partial charge >= 0.3 is 11.9 Å². The average molecular weight is 337 g/mol. The number of nitrogens with zero attached hydrogens (tertiary/aromatic N) is 3. The van der Waals surface area contributed by atoms with Crippen LogP contribution in [0.25, 0.3) is 0 Å². The van der Waals surface area contributed by atoms with E-state index >= 15 is 0 Å². The number of hydrogen-bond donors (Lipinski definition) is 0. The highest BCUT2D eigenvalue weighted by molar-refractivity contribution is 7.11. The Morgan fingerprint density at radius 3 is 2.48 bits per heavy atom. The summed E-state index contributed by atoms with van der Waals surface area (Å²) < 4.78 is 4.81. The zero-order valence-electron chi connectivity index (χ0n) is 13.5. The normalized spacial score (nSPS) is 22.3. The maximum absolute atomic E-state index is 12.1. The van der Waals surface area contributed by atoms with Gasteiger partial charge in [0, 0.05) is 24.9 Å². The van der Waals surface area contributed by atoms with Crippen molar-refractivity contribution in [2.24, 2.45) is 0 Å². The fraction of sp³-hybridized carbons (Fsp3) is 0.750. The molecule has 0 spiro atoms. The van der Waals surface area contributed by atoms with E-state index in [9.17, 15) is 9.59 Å². The Morgan fingerprint density at radius 1 is 1.13 bits per heavy atom. The lowest BCUT2D eigenvalue weighted by molar-refractivity contribution is -0.160. The van der Waals surface area contributed by atoms with Crippen molar-refractivity contribution in [3.8, 4) is 0 Å². The molecule has 2 aliphatic rings. The number of esters is 1. The summed E-state index contributed by atoms with van der Waals surface area (Å²) in [5.41, 5.74) is 0. The highest BCUT2D eigenvalue weighted by atomic mass is 32.1. The molecule has 0 N–H and O–H groups in total. The van der Waals surface area contributed by atoms with Crippen molar-refractivity contribution in [3.05, 3.63) is 10.0 Å². The Labute approximate surface area is 140 Å². The fourth-order valence-corrected chi connectivity index (χ4v) is 4.57. The number of likely N-dealkylation sites (tertiary alicyclic amines) is 1. The van der Waals surface area contributed by atoms with Gasteiger partial charge in [-0.05, 0) is 32.6 Å². The molecule has 0 radical (unpaired) electrons. The molecule has 0 bridgehead atoms. The molecule has 2 fully saturated rings. The van der Waals surface area contributed by atoms with Gasteiger partial charge in [-0.25, -0.2) is 4.79 Å². The van der Waals surface area contributed by atoms with E-state index in [2.05, 4.69) is 10.2 Å². The largest absolute Gasteiger partial charge is 0.459 e. The first-order valence-electron chi connectivity index (χ1n) is 8.48. The highest BCUT2D eigenvalue weighted by Gasteiger charge is 2.31. The molecule has 1 amide bonds. The molecule has 1 aliphatic heterocycles. The second-order valence-electron chi connectivity index (χ2n) is 6.27. The minimum atomic E-state index is -0.753. The molecule has 7 heteroatoms. The SMILES string of the molecule is CCOC(=O)C(=O)N1CCCC(c2nnc(C3CCCC3)s2)C1. The fourth-order valence-electron chi connectivity index (χ4n) is 3.43. The van der Waals surface area contributed by atoms with E-state index in [0.717, 1.165) is 22.9 Å². The molecule has 23 heavy (non-hydrogen) atoms. The van der Waals surface area contributed by atoms with Crippen LogP contribution in [0.1, 0.15) is 67.3 Å². The Bertz CT molecular complexity index is 569. The maximum Gasteiger partial charge on any atom is 0.397 e. The van der Waals surface area contributed by atoms with Gasteiger partial charge in [-0.15, -0.1) is 21.5 Å². The smallest absolute Gasteiger partial charge is 0.397 e. The van der Waals surface area contributed by atoms with Crippen LogP contribution in [0.5, 0.6) is 0 Å². The summed E-state index contributed by atoms with van der Waals surface area (Å²) in [5.74, 6) is -0.522. The average Bonchev–Trinajstić information content (AvgIpc) is 3.25. The van der Waals surface area contributed by atoms with Gasteiger partial charge in [-0.1, -0.05) is 12.8 Å². The van der Waals surface area contributed by atoms with Gasteiger partial charge in [0.05, 0.1) is 6.61 Å². The van der Waals surface area contributed by atoms with Gasteiger partial charge in [0.1, 0.15) is 10.0 Å². The minimum Gasteiger partial charge on any atom is -0.459 e. The van der Waals surface area contributed by atoms with E-state index in [4.69, 9.17) is 4.74 Å². The maximum atomic E-state index is 12.1. The van der Waals surface area contributed by atoms with Gasteiger partial charge < -0.3 is 9.64 Å². The molecule has 1 saturated carbocycles. The van der Waals surface area contributed by atoms with Crippen molar-refractivity contribution < 1.29 is 14.3 Å². The summed E-state index contributed by atoms with van der Waals surface area (Å²) in [6.07, 6.45) is 6.87. The molecule has 0 aromatic carbocycles. The number of hydrogen-bond acceptors (Lipinski definition) is 6. The van der Waals surface area contributed by atoms with Gasteiger partial charge in [0.2, 0.25) is 0 Å². The molecule has 6 nitrogen and oxygen atoms in total. The van der Waals surface area contributed by atoms with Crippen molar-refractivity contribution in [3.63, 3.8) is 0 Å². The molecule has 1 aromatic rings. The topological polar surface area (TPSA) is 72.4 Å². The molecule has 1 aromatic heterocycles. The van der Waals surface area contributed by atoms with Crippen molar-refractivity contribution in [2.75, 3.05) is 19.7 Å². The second-order valence-corrected chi connectivity index (χ2v) is 7.31. The van der Waals surface area contributed by atoms with Crippen LogP contribution in [-0.2, 0) is 14.3 Å². The third-order valence-corrected chi connectivity index (χ3v) is 5.92. The van der Waals surface area contributed by atoms with E-state index in [0.29, 0.717) is 19.0 Å². The van der Waals surface area contributed by atoms with Gasteiger partial charge in [-0.2, -0.15) is 0 Å². The monoisotopic (exact) mass is 337 g/mol. The van der Waals surface area contributed by atoms with Crippen LogP contribution in [0.2, 0.25) is 0 Å². The Balaban J connectivity index is 1.64. The van der Waals surface area contributed by atoms with E-state index in [-0.39, 0.29) is 12.5 Å². The predicted octanol–water partition coefficient (Wildman–Crippen LogP) is 2.46. The second kappa shape index (κ2) is 7.38. The quantitative estimate of drug-likeness (QED) is 0.626. The Hall–Kier alpha value is -1.50. The minimum absolute atomic E-state index is 0.190. The van der Waals surface area contributed by atoms with Crippen molar-refractivity contribution in [2.45, 2.75) is 57.3 Å². The molecular formula is C16H23N3O3S. The first-order valence-corrected chi connectivity index (χ1v) is 9.30. The summed E-state index contributed by atoms with van der Waals surface area (Å²) >= 11 is 1.69. The summed E-state index contributed by atoms with van der Waals surface area (Å²) in [7, 11) is 0. The number of amides is 1. The van der Waals surface area contributed by atoms with Gasteiger partial charge in [0.15, 0.2) is 0 Å². The molecule has 1 saturated heterocycles. The number of ether oxygens (including phenoxy) is 1. The van der Waals surface area contributed by atoms with Gasteiger partial charge in [0.25, 0.3) is 0 Å². The molecule has 3 rings (SSSR count). The van der Waals surface area contributed by atoms with Crippen LogP contribution < -0.4 is 0 Å². The van der Waals surface area contributed by atoms with Crippen LogP contribution in [0.15, 0.2) is 0 Å². The first kappa shape index (κ1) is 16.4. The van der Waals surface area contributed by atoms with Crippen LogP contribution in [-0.4, -0.2) is 46.7 Å². The number of piperidine rings is 1. The zero-order chi connectivity index (χ0) is 16.2. The van der Waals surface area contributed by atoms with E-state index < -0.39 is 11.9 Å². The lowest BCUT2D eigenvalue weighted by atomic mass is 9.99. The van der Waals surface area contributed by atoms with Crippen LogP contribution >= 0.6 is 11.3 Å². The Morgan fingerprint density at radius 2 is 1.78 bits per heavy atom. The van der Waals surface area contributed by atoms with Crippen molar-refractivity contribution in [1.29, 1.82) is 0 Å². The highest BCUT2D eigenvalue weighted by Crippen LogP contribution is 2.38. The Kier molecular flexibility index (Phi) is 5.25. The molecule has 2 heterocycles. The number of aromatic nitrogens is 2. The van der Waals surface area contributed by atoms with Crippen molar-refractivity contribution >= 4 is 23.2 Å². The van der Waals surface area contributed by atoms with E-state index in [1.54, 1.807) is 23.2 Å². The first-order chi connectivity index (χ1) is 11.2. The van der Waals surface area contributed by atoms with Crippen LogP contribution in [0, 0.1) is 0 Å². The third-order valence-electron chi connectivity index (χ3n) is 4.67. The molecule has 1 aliphatic carbocycles. The molecule has 1 unspecified atom stereocenters.